The fourth-order valence-corrected chi connectivity index (χ4v) is 5.18. The average Bonchev–Trinajstić information content (AvgIpc) is 3.16. The molecule has 4 nitrogen and oxygen atoms in total. The first-order chi connectivity index (χ1) is 13.6. The van der Waals surface area contributed by atoms with Gasteiger partial charge in [0, 0.05) is 22.6 Å². The molecule has 0 bridgehead atoms. The molecule has 146 valence electrons. The lowest BCUT2D eigenvalue weighted by atomic mass is 9.90. The third-order valence-electron chi connectivity index (χ3n) is 6.58. The number of rotatable bonds is 2. The van der Waals surface area contributed by atoms with Crippen molar-refractivity contribution in [1.29, 1.82) is 0 Å². The second-order valence-corrected chi connectivity index (χ2v) is 8.69. The predicted molar refractivity (Wildman–Crippen MR) is 112 cm³/mol. The van der Waals surface area contributed by atoms with Gasteiger partial charge in [0.05, 0.1) is 44.2 Å². The molecule has 0 amide bonds. The van der Waals surface area contributed by atoms with Crippen molar-refractivity contribution >= 4 is 17.3 Å². The summed E-state index contributed by atoms with van der Waals surface area (Å²) in [6.07, 6.45) is 2.87. The second-order valence-electron chi connectivity index (χ2n) is 8.28. The van der Waals surface area contributed by atoms with Gasteiger partial charge in [0.25, 0.3) is 0 Å². The lowest BCUT2D eigenvalue weighted by molar-refractivity contribution is -0.906. The van der Waals surface area contributed by atoms with Crippen molar-refractivity contribution < 1.29 is 9.64 Å². The van der Waals surface area contributed by atoms with E-state index in [9.17, 15) is 0 Å². The standard InChI is InChI=1S/C23H26ClN3O/c1-3-26-12-10-23(11-13-26)27-21(18-14-16(2)8-9-22(18)28-23)15-20(25-27)17-6-4-5-7-19(17)24/h4-9,14,21H,3,10-13,15H2,1-2H3/p+1/t21-/m1/s1. The minimum Gasteiger partial charge on any atom is -0.466 e. The van der Waals surface area contributed by atoms with Crippen molar-refractivity contribution in [3.05, 3.63) is 64.2 Å². The number of ether oxygens (including phenoxy) is 1. The van der Waals surface area contributed by atoms with Crippen molar-refractivity contribution in [1.82, 2.24) is 5.01 Å². The van der Waals surface area contributed by atoms with Gasteiger partial charge in [-0.1, -0.05) is 47.5 Å². The first kappa shape index (κ1) is 18.0. The number of halogens is 1. The molecule has 3 heterocycles. The molecule has 5 rings (SSSR count). The Balaban J connectivity index is 1.58. The molecule has 5 heteroatoms. The molecule has 1 N–H and O–H groups in total. The molecule has 1 spiro atoms. The monoisotopic (exact) mass is 396 g/mol. The Bertz CT molecular complexity index is 933. The van der Waals surface area contributed by atoms with E-state index >= 15 is 0 Å². The van der Waals surface area contributed by atoms with Crippen molar-refractivity contribution in [2.24, 2.45) is 5.10 Å². The highest BCUT2D eigenvalue weighted by Gasteiger charge is 2.52. The highest BCUT2D eigenvalue weighted by molar-refractivity contribution is 6.34. The van der Waals surface area contributed by atoms with Crippen LogP contribution < -0.4 is 9.64 Å². The molecule has 3 aliphatic rings. The Kier molecular flexibility index (Phi) is 4.37. The number of fused-ring (bicyclic) bond motifs is 4. The summed E-state index contributed by atoms with van der Waals surface area (Å²) in [4.78, 5) is 1.65. The van der Waals surface area contributed by atoms with E-state index < -0.39 is 0 Å². The van der Waals surface area contributed by atoms with E-state index in [-0.39, 0.29) is 11.8 Å². The number of nitrogens with one attached hydrogen (secondary N) is 1. The van der Waals surface area contributed by atoms with E-state index in [1.165, 1.54) is 17.7 Å². The number of hydrazone groups is 1. The average molecular weight is 397 g/mol. The van der Waals surface area contributed by atoms with Gasteiger partial charge in [-0.2, -0.15) is 5.10 Å². The molecule has 2 aromatic carbocycles. The number of nitrogens with zero attached hydrogens (tertiary/aromatic N) is 2. The van der Waals surface area contributed by atoms with Crippen molar-refractivity contribution in [3.8, 4) is 5.75 Å². The van der Waals surface area contributed by atoms with Crippen LogP contribution in [0.5, 0.6) is 5.75 Å². The highest BCUT2D eigenvalue weighted by atomic mass is 35.5. The third-order valence-corrected chi connectivity index (χ3v) is 6.90. The Morgan fingerprint density at radius 2 is 2.00 bits per heavy atom. The fraction of sp³-hybridized carbons (Fsp3) is 0.435. The summed E-state index contributed by atoms with van der Waals surface area (Å²) in [7, 11) is 0. The zero-order valence-electron chi connectivity index (χ0n) is 16.5. The number of aryl methyl sites for hydroxylation is 1. The van der Waals surface area contributed by atoms with Gasteiger partial charge in [-0.15, -0.1) is 0 Å². The van der Waals surface area contributed by atoms with Crippen molar-refractivity contribution in [2.45, 2.75) is 44.9 Å². The Morgan fingerprint density at radius 3 is 2.75 bits per heavy atom. The Hall–Kier alpha value is -2.04. The first-order valence-corrected chi connectivity index (χ1v) is 10.7. The quantitative estimate of drug-likeness (QED) is 0.840. The van der Waals surface area contributed by atoms with Crippen LogP contribution in [0.3, 0.4) is 0 Å². The molecular formula is C23H27ClN3O+. The molecule has 1 atom stereocenters. The molecule has 1 fully saturated rings. The third kappa shape index (κ3) is 2.82. The van der Waals surface area contributed by atoms with Gasteiger partial charge in [-0.3, -0.25) is 0 Å². The molecule has 0 unspecified atom stereocenters. The van der Waals surface area contributed by atoms with Crippen molar-refractivity contribution in [3.63, 3.8) is 0 Å². The molecule has 1 saturated heterocycles. The minimum atomic E-state index is -0.339. The highest BCUT2D eigenvalue weighted by Crippen LogP contribution is 2.49. The number of quaternary nitrogens is 1. The molecule has 28 heavy (non-hydrogen) atoms. The van der Waals surface area contributed by atoms with Gasteiger partial charge in [-0.25, -0.2) is 5.01 Å². The smallest absolute Gasteiger partial charge is 0.208 e. The minimum absolute atomic E-state index is 0.220. The summed E-state index contributed by atoms with van der Waals surface area (Å²) < 4.78 is 6.71. The second kappa shape index (κ2) is 6.78. The van der Waals surface area contributed by atoms with Gasteiger partial charge in [0.15, 0.2) is 0 Å². The van der Waals surface area contributed by atoms with Crippen molar-refractivity contribution in [2.75, 3.05) is 19.6 Å². The maximum Gasteiger partial charge on any atom is 0.208 e. The maximum absolute atomic E-state index is 6.71. The van der Waals surface area contributed by atoms with Crippen LogP contribution >= 0.6 is 11.6 Å². The van der Waals surface area contributed by atoms with Crippen LogP contribution in [0, 0.1) is 6.92 Å². The van der Waals surface area contributed by atoms with Crippen LogP contribution in [0.25, 0.3) is 0 Å². The van der Waals surface area contributed by atoms with Crippen LogP contribution in [0.1, 0.15) is 48.9 Å². The van der Waals surface area contributed by atoms with E-state index in [1.54, 1.807) is 4.90 Å². The van der Waals surface area contributed by atoms with Gasteiger partial charge < -0.3 is 9.64 Å². The van der Waals surface area contributed by atoms with E-state index in [0.29, 0.717) is 0 Å². The summed E-state index contributed by atoms with van der Waals surface area (Å²) in [6, 6.07) is 14.8. The summed E-state index contributed by atoms with van der Waals surface area (Å²) in [5.74, 6) is 1.03. The van der Waals surface area contributed by atoms with E-state index in [1.807, 2.05) is 18.2 Å². The molecule has 3 aliphatic heterocycles. The number of benzene rings is 2. The number of likely N-dealkylation sites (tertiary alicyclic amines) is 1. The van der Waals surface area contributed by atoms with E-state index in [2.05, 4.69) is 43.1 Å². The zero-order valence-corrected chi connectivity index (χ0v) is 17.3. The largest absolute Gasteiger partial charge is 0.466 e. The maximum atomic E-state index is 6.71. The summed E-state index contributed by atoms with van der Waals surface area (Å²) in [6.45, 7) is 7.82. The van der Waals surface area contributed by atoms with Crippen LogP contribution in [0.2, 0.25) is 5.02 Å². The van der Waals surface area contributed by atoms with E-state index in [0.717, 1.165) is 54.4 Å². The lowest BCUT2D eigenvalue weighted by Crippen LogP contribution is -3.13. The SMILES string of the molecule is CC[NH+]1CCC2(CC1)Oc1ccc(C)cc1[C@H]1CC(c3ccccc3Cl)=NN12. The Morgan fingerprint density at radius 1 is 1.21 bits per heavy atom. The fourth-order valence-electron chi connectivity index (χ4n) is 4.94. The molecule has 2 aromatic rings. The van der Waals surface area contributed by atoms with Gasteiger partial charge in [-0.05, 0) is 26.0 Å². The molecule has 0 saturated carbocycles. The number of hydrogen-bond donors (Lipinski definition) is 1. The first-order valence-electron chi connectivity index (χ1n) is 10.3. The van der Waals surface area contributed by atoms with Crippen LogP contribution in [0.4, 0.5) is 0 Å². The molecule has 0 radical (unpaired) electrons. The van der Waals surface area contributed by atoms with Gasteiger partial charge in [0.1, 0.15) is 5.75 Å². The van der Waals surface area contributed by atoms with Gasteiger partial charge in [0.2, 0.25) is 5.72 Å². The van der Waals surface area contributed by atoms with E-state index in [4.69, 9.17) is 21.4 Å². The topological polar surface area (TPSA) is 29.3 Å². The number of piperidine rings is 1. The Labute approximate surface area is 171 Å². The lowest BCUT2D eigenvalue weighted by Gasteiger charge is -2.50. The predicted octanol–water partition coefficient (Wildman–Crippen LogP) is 3.59. The normalized spacial score (nSPS) is 28.5. The van der Waals surface area contributed by atoms with Crippen LogP contribution in [-0.2, 0) is 0 Å². The molecular weight excluding hydrogens is 370 g/mol. The van der Waals surface area contributed by atoms with Gasteiger partial charge >= 0.3 is 0 Å². The summed E-state index contributed by atoms with van der Waals surface area (Å²) >= 11 is 6.51. The van der Waals surface area contributed by atoms with Crippen LogP contribution in [0.15, 0.2) is 47.6 Å². The summed E-state index contributed by atoms with van der Waals surface area (Å²) in [5.41, 5.74) is 4.28. The summed E-state index contributed by atoms with van der Waals surface area (Å²) in [5, 5.41) is 8.18. The number of hydrogen-bond acceptors (Lipinski definition) is 3. The van der Waals surface area contributed by atoms with Crippen LogP contribution in [-0.4, -0.2) is 36.1 Å². The molecule has 0 aliphatic carbocycles. The zero-order chi connectivity index (χ0) is 19.3. The molecule has 0 aromatic heterocycles.